The standard InChI is InChI=1S/C18H30N2O2/c1-18(2,3)17(22)20-9-7-12(8-10-20)16(21)19-15-6-4-5-13-11-14(13)15/h12-15H,4-11H2,1-3H3,(H,19,21)/t13-,14+,15+/m0/s1. The van der Waals surface area contributed by atoms with Gasteiger partial charge in [0.15, 0.2) is 0 Å². The Morgan fingerprint density at radius 2 is 1.73 bits per heavy atom. The molecule has 0 aromatic carbocycles. The summed E-state index contributed by atoms with van der Waals surface area (Å²) in [6.45, 7) is 7.34. The Bertz CT molecular complexity index is 446. The molecular weight excluding hydrogens is 276 g/mol. The van der Waals surface area contributed by atoms with E-state index in [0.717, 1.165) is 44.2 Å². The molecule has 3 aliphatic rings. The lowest BCUT2D eigenvalue weighted by atomic mass is 9.90. The summed E-state index contributed by atoms with van der Waals surface area (Å²) in [5, 5.41) is 3.31. The minimum absolute atomic E-state index is 0.100. The van der Waals surface area contributed by atoms with Crippen molar-refractivity contribution < 1.29 is 9.59 Å². The van der Waals surface area contributed by atoms with Crippen molar-refractivity contribution in [1.82, 2.24) is 10.2 Å². The molecule has 3 fully saturated rings. The molecule has 0 aromatic rings. The van der Waals surface area contributed by atoms with Gasteiger partial charge in [-0.2, -0.15) is 0 Å². The van der Waals surface area contributed by atoms with E-state index in [2.05, 4.69) is 5.32 Å². The second kappa shape index (κ2) is 5.86. The first-order chi connectivity index (χ1) is 10.4. The highest BCUT2D eigenvalue weighted by Gasteiger charge is 2.46. The average molecular weight is 306 g/mol. The first-order valence-electron chi connectivity index (χ1n) is 8.96. The molecule has 2 aliphatic carbocycles. The van der Waals surface area contributed by atoms with Crippen molar-refractivity contribution in [2.24, 2.45) is 23.2 Å². The number of amides is 2. The van der Waals surface area contributed by atoms with Crippen LogP contribution in [0.4, 0.5) is 0 Å². The maximum atomic E-state index is 12.5. The third kappa shape index (κ3) is 3.31. The Kier molecular flexibility index (Phi) is 4.21. The largest absolute Gasteiger partial charge is 0.353 e. The van der Waals surface area contributed by atoms with E-state index >= 15 is 0 Å². The van der Waals surface area contributed by atoms with Crippen LogP contribution in [0, 0.1) is 23.2 Å². The molecular formula is C18H30N2O2. The fraction of sp³-hybridized carbons (Fsp3) is 0.889. The average Bonchev–Trinajstić information content (AvgIpc) is 3.26. The topological polar surface area (TPSA) is 49.4 Å². The lowest BCUT2D eigenvalue weighted by Gasteiger charge is -2.36. The van der Waals surface area contributed by atoms with Gasteiger partial charge in [0.05, 0.1) is 0 Å². The molecule has 0 aromatic heterocycles. The van der Waals surface area contributed by atoms with Gasteiger partial charge in [0.25, 0.3) is 0 Å². The zero-order valence-electron chi connectivity index (χ0n) is 14.2. The van der Waals surface area contributed by atoms with Crippen LogP contribution in [-0.4, -0.2) is 35.8 Å². The van der Waals surface area contributed by atoms with Crippen molar-refractivity contribution in [3.8, 4) is 0 Å². The quantitative estimate of drug-likeness (QED) is 0.852. The van der Waals surface area contributed by atoms with Crippen LogP contribution < -0.4 is 5.32 Å². The number of nitrogens with one attached hydrogen (secondary N) is 1. The lowest BCUT2D eigenvalue weighted by molar-refractivity contribution is -0.142. The van der Waals surface area contributed by atoms with Crippen molar-refractivity contribution in [3.63, 3.8) is 0 Å². The predicted octanol–water partition coefficient (Wildman–Crippen LogP) is 2.58. The summed E-state index contributed by atoms with van der Waals surface area (Å²) in [4.78, 5) is 26.7. The van der Waals surface area contributed by atoms with Crippen molar-refractivity contribution >= 4 is 11.8 Å². The molecule has 3 atom stereocenters. The highest BCUT2D eigenvalue weighted by Crippen LogP contribution is 2.49. The Labute approximate surface area is 134 Å². The van der Waals surface area contributed by atoms with E-state index in [0.29, 0.717) is 6.04 Å². The summed E-state index contributed by atoms with van der Waals surface area (Å²) >= 11 is 0. The molecule has 0 spiro atoms. The molecule has 4 nitrogen and oxygen atoms in total. The number of carbonyl (C=O) groups is 2. The van der Waals surface area contributed by atoms with E-state index in [4.69, 9.17) is 0 Å². The number of hydrogen-bond acceptors (Lipinski definition) is 2. The van der Waals surface area contributed by atoms with Gasteiger partial charge in [-0.25, -0.2) is 0 Å². The number of hydrogen-bond donors (Lipinski definition) is 1. The van der Waals surface area contributed by atoms with E-state index in [-0.39, 0.29) is 23.1 Å². The first-order valence-corrected chi connectivity index (χ1v) is 8.96. The van der Waals surface area contributed by atoms with Crippen molar-refractivity contribution in [3.05, 3.63) is 0 Å². The SMILES string of the molecule is CC(C)(C)C(=O)N1CCC(C(=O)N[C@@H]2CCC[C@H]3C[C@H]32)CC1. The third-order valence-corrected chi connectivity index (χ3v) is 5.71. The number of piperidine rings is 1. The van der Waals surface area contributed by atoms with Gasteiger partial charge in [0.2, 0.25) is 11.8 Å². The molecule has 1 heterocycles. The van der Waals surface area contributed by atoms with Gasteiger partial charge in [0, 0.05) is 30.5 Å². The molecule has 0 radical (unpaired) electrons. The predicted molar refractivity (Wildman–Crippen MR) is 86.1 cm³/mol. The zero-order valence-corrected chi connectivity index (χ0v) is 14.2. The van der Waals surface area contributed by atoms with Crippen LogP contribution in [0.5, 0.6) is 0 Å². The Hall–Kier alpha value is -1.06. The lowest BCUT2D eigenvalue weighted by Crippen LogP contribution is -2.48. The maximum absolute atomic E-state index is 12.5. The molecule has 0 bridgehead atoms. The number of nitrogens with zero attached hydrogens (tertiary/aromatic N) is 1. The molecule has 1 aliphatic heterocycles. The Morgan fingerprint density at radius 3 is 2.36 bits per heavy atom. The van der Waals surface area contributed by atoms with Gasteiger partial charge in [0.1, 0.15) is 0 Å². The van der Waals surface area contributed by atoms with Gasteiger partial charge in [-0.1, -0.05) is 33.6 Å². The van der Waals surface area contributed by atoms with Gasteiger partial charge in [-0.3, -0.25) is 9.59 Å². The normalized spacial score (nSPS) is 32.3. The molecule has 124 valence electrons. The van der Waals surface area contributed by atoms with Crippen molar-refractivity contribution in [2.75, 3.05) is 13.1 Å². The van der Waals surface area contributed by atoms with Crippen LogP contribution in [-0.2, 0) is 9.59 Å². The van der Waals surface area contributed by atoms with Gasteiger partial charge >= 0.3 is 0 Å². The highest BCUT2D eigenvalue weighted by molar-refractivity contribution is 5.82. The third-order valence-electron chi connectivity index (χ3n) is 5.71. The van der Waals surface area contributed by atoms with Crippen molar-refractivity contribution in [1.29, 1.82) is 0 Å². The number of carbonyl (C=O) groups excluding carboxylic acids is 2. The minimum Gasteiger partial charge on any atom is -0.353 e. The van der Waals surface area contributed by atoms with E-state index in [9.17, 15) is 9.59 Å². The van der Waals surface area contributed by atoms with Gasteiger partial charge in [-0.15, -0.1) is 0 Å². The molecule has 2 saturated carbocycles. The minimum atomic E-state index is -0.321. The molecule has 3 rings (SSSR count). The fourth-order valence-corrected chi connectivity index (χ4v) is 4.21. The summed E-state index contributed by atoms with van der Waals surface area (Å²) < 4.78 is 0. The molecule has 1 N–H and O–H groups in total. The van der Waals surface area contributed by atoms with Crippen molar-refractivity contribution in [2.45, 2.75) is 65.3 Å². The number of likely N-dealkylation sites (tertiary alicyclic amines) is 1. The monoisotopic (exact) mass is 306 g/mol. The van der Waals surface area contributed by atoms with Crippen LogP contribution in [0.25, 0.3) is 0 Å². The molecule has 4 heteroatoms. The smallest absolute Gasteiger partial charge is 0.227 e. The fourth-order valence-electron chi connectivity index (χ4n) is 4.21. The second-order valence-corrected chi connectivity index (χ2v) is 8.52. The maximum Gasteiger partial charge on any atom is 0.227 e. The Balaban J connectivity index is 1.47. The van der Waals surface area contributed by atoms with E-state index in [1.807, 2.05) is 25.7 Å². The van der Waals surface area contributed by atoms with Crippen LogP contribution in [0.3, 0.4) is 0 Å². The summed E-state index contributed by atoms with van der Waals surface area (Å²) in [5.74, 6) is 2.20. The van der Waals surface area contributed by atoms with Crippen LogP contribution in [0.2, 0.25) is 0 Å². The summed E-state index contributed by atoms with van der Waals surface area (Å²) in [6, 6.07) is 0.431. The number of rotatable bonds is 2. The van der Waals surface area contributed by atoms with Crippen LogP contribution >= 0.6 is 0 Å². The summed E-state index contributed by atoms with van der Waals surface area (Å²) in [7, 11) is 0. The molecule has 22 heavy (non-hydrogen) atoms. The second-order valence-electron chi connectivity index (χ2n) is 8.52. The summed E-state index contributed by atoms with van der Waals surface area (Å²) in [6.07, 6.45) is 6.75. The van der Waals surface area contributed by atoms with Crippen LogP contribution in [0.1, 0.15) is 59.3 Å². The van der Waals surface area contributed by atoms with Gasteiger partial charge < -0.3 is 10.2 Å². The van der Waals surface area contributed by atoms with Crippen LogP contribution in [0.15, 0.2) is 0 Å². The summed E-state index contributed by atoms with van der Waals surface area (Å²) in [5.41, 5.74) is -0.321. The Morgan fingerprint density at radius 1 is 1.05 bits per heavy atom. The number of fused-ring (bicyclic) bond motifs is 1. The van der Waals surface area contributed by atoms with E-state index in [1.165, 1.54) is 19.3 Å². The molecule has 1 saturated heterocycles. The molecule has 2 amide bonds. The van der Waals surface area contributed by atoms with E-state index in [1.54, 1.807) is 0 Å². The highest BCUT2D eigenvalue weighted by atomic mass is 16.2. The van der Waals surface area contributed by atoms with Gasteiger partial charge in [-0.05, 0) is 37.5 Å². The zero-order chi connectivity index (χ0) is 15.9. The first kappa shape index (κ1) is 15.8. The molecule has 0 unspecified atom stereocenters. The van der Waals surface area contributed by atoms with E-state index < -0.39 is 0 Å².